The van der Waals surface area contributed by atoms with Gasteiger partial charge in [-0.2, -0.15) is 4.98 Å². The lowest BCUT2D eigenvalue weighted by atomic mass is 10.1. The summed E-state index contributed by atoms with van der Waals surface area (Å²) >= 11 is 0. The number of amides is 2. The molecule has 0 fully saturated rings. The zero-order valence-corrected chi connectivity index (χ0v) is 20.1. The molecule has 2 heterocycles. The van der Waals surface area contributed by atoms with Gasteiger partial charge in [-0.1, -0.05) is 37.8 Å². The van der Waals surface area contributed by atoms with Gasteiger partial charge in [-0.3, -0.25) is 9.59 Å². The number of nitrogens with two attached hydrogens (primary N) is 1. The van der Waals surface area contributed by atoms with Crippen LogP contribution in [0.25, 0.3) is 0 Å². The van der Waals surface area contributed by atoms with Gasteiger partial charge >= 0.3 is 0 Å². The summed E-state index contributed by atoms with van der Waals surface area (Å²) in [4.78, 5) is 33.8. The van der Waals surface area contributed by atoms with Gasteiger partial charge in [0.2, 0.25) is 11.9 Å². The molecule has 0 aliphatic carbocycles. The molecule has 1 aromatic heterocycles. The summed E-state index contributed by atoms with van der Waals surface area (Å²) < 4.78 is 13.1. The van der Waals surface area contributed by atoms with Crippen LogP contribution in [-0.2, 0) is 11.3 Å². The monoisotopic (exact) mass is 485 g/mol. The quantitative estimate of drug-likeness (QED) is 0.451. The fourth-order valence-electron chi connectivity index (χ4n) is 3.80. The van der Waals surface area contributed by atoms with E-state index < -0.39 is 6.04 Å². The minimum absolute atomic E-state index is 0.0784. The standard InChI is InChI=1S/C25H36FN7O2/c26-19-11-9-18(10-12-19)16-31-23(34)20-17-32-25-30-15-6-2-1-5-14-29-24(35)21(27)8-4-3-7-13-28-22(20)33-25/h9-12,17,21H,1-8,13-16,27H2,(H,29,35)(H,31,34)(H2,28,30,32,33)/t21-/m0/s1. The Morgan fingerprint density at radius 1 is 0.971 bits per heavy atom. The minimum atomic E-state index is -0.477. The molecule has 0 spiro atoms. The van der Waals surface area contributed by atoms with Crippen molar-refractivity contribution in [1.82, 2.24) is 20.6 Å². The van der Waals surface area contributed by atoms with E-state index in [0.717, 1.165) is 50.5 Å². The van der Waals surface area contributed by atoms with Gasteiger partial charge in [0, 0.05) is 32.4 Å². The van der Waals surface area contributed by atoms with Crippen molar-refractivity contribution in [3.05, 3.63) is 47.4 Å². The molecule has 1 aliphatic rings. The van der Waals surface area contributed by atoms with E-state index in [9.17, 15) is 14.0 Å². The first-order valence-corrected chi connectivity index (χ1v) is 12.4. The van der Waals surface area contributed by atoms with Crippen molar-refractivity contribution in [3.63, 3.8) is 0 Å². The highest BCUT2D eigenvalue weighted by atomic mass is 19.1. The van der Waals surface area contributed by atoms with Gasteiger partial charge in [0.1, 0.15) is 17.2 Å². The van der Waals surface area contributed by atoms with Gasteiger partial charge in [0.25, 0.3) is 5.91 Å². The number of nitrogens with zero attached hydrogens (tertiary/aromatic N) is 2. The Morgan fingerprint density at radius 3 is 2.37 bits per heavy atom. The predicted octanol–water partition coefficient (Wildman–Crippen LogP) is 2.95. The second-order valence-electron chi connectivity index (χ2n) is 8.78. The molecule has 2 amide bonds. The van der Waals surface area contributed by atoms with Crippen LogP contribution in [0.15, 0.2) is 30.5 Å². The van der Waals surface area contributed by atoms with Crippen LogP contribution < -0.4 is 27.0 Å². The highest BCUT2D eigenvalue weighted by Crippen LogP contribution is 2.16. The van der Waals surface area contributed by atoms with E-state index in [-0.39, 0.29) is 24.2 Å². The second kappa shape index (κ2) is 14.2. The number of benzene rings is 1. The van der Waals surface area contributed by atoms with Gasteiger partial charge in [-0.05, 0) is 43.4 Å². The number of nitrogens with one attached hydrogen (secondary N) is 4. The largest absolute Gasteiger partial charge is 0.369 e. The van der Waals surface area contributed by atoms with Crippen LogP contribution in [0, 0.1) is 5.82 Å². The molecule has 1 aromatic carbocycles. The third kappa shape index (κ3) is 9.12. The lowest BCUT2D eigenvalue weighted by molar-refractivity contribution is -0.122. The van der Waals surface area contributed by atoms with Crippen molar-refractivity contribution < 1.29 is 14.0 Å². The van der Waals surface area contributed by atoms with Gasteiger partial charge in [0.05, 0.1) is 6.04 Å². The molecule has 2 aromatic rings. The molecule has 0 saturated heterocycles. The first-order chi connectivity index (χ1) is 17.0. The van der Waals surface area contributed by atoms with Crippen LogP contribution in [0.5, 0.6) is 0 Å². The Balaban J connectivity index is 1.63. The second-order valence-corrected chi connectivity index (χ2v) is 8.78. The summed E-state index contributed by atoms with van der Waals surface area (Å²) in [5, 5.41) is 12.3. The van der Waals surface area contributed by atoms with E-state index in [0.29, 0.717) is 43.4 Å². The van der Waals surface area contributed by atoms with E-state index in [2.05, 4.69) is 31.2 Å². The van der Waals surface area contributed by atoms with Crippen LogP contribution in [0.3, 0.4) is 0 Å². The van der Waals surface area contributed by atoms with Crippen LogP contribution in [0.2, 0.25) is 0 Å². The zero-order valence-electron chi connectivity index (χ0n) is 20.1. The number of aromatic nitrogens is 2. The van der Waals surface area contributed by atoms with Crippen molar-refractivity contribution in [3.8, 4) is 0 Å². The maximum atomic E-state index is 13.1. The molecule has 2 bridgehead atoms. The van der Waals surface area contributed by atoms with Gasteiger partial charge in [-0.25, -0.2) is 9.37 Å². The van der Waals surface area contributed by atoms with E-state index in [1.165, 1.54) is 18.3 Å². The van der Waals surface area contributed by atoms with Crippen LogP contribution >= 0.6 is 0 Å². The van der Waals surface area contributed by atoms with Crippen LogP contribution in [0.4, 0.5) is 16.2 Å². The van der Waals surface area contributed by atoms with E-state index in [1.54, 1.807) is 12.1 Å². The number of hydrogen-bond donors (Lipinski definition) is 5. The molecule has 1 atom stereocenters. The van der Waals surface area contributed by atoms with E-state index in [4.69, 9.17) is 5.73 Å². The van der Waals surface area contributed by atoms with Gasteiger partial charge in [-0.15, -0.1) is 0 Å². The number of halogens is 1. The Bertz CT molecular complexity index is 955. The highest BCUT2D eigenvalue weighted by Gasteiger charge is 2.16. The van der Waals surface area contributed by atoms with Crippen molar-refractivity contribution in [1.29, 1.82) is 0 Å². The topological polar surface area (TPSA) is 134 Å². The van der Waals surface area contributed by atoms with Crippen LogP contribution in [0.1, 0.15) is 67.3 Å². The molecule has 0 saturated carbocycles. The number of anilines is 2. The molecule has 1 aliphatic heterocycles. The van der Waals surface area contributed by atoms with Gasteiger partial charge in [0.15, 0.2) is 0 Å². The molecule has 0 radical (unpaired) electrons. The Kier molecular flexibility index (Phi) is 10.7. The predicted molar refractivity (Wildman–Crippen MR) is 135 cm³/mol. The number of carbonyl (C=O) groups is 2. The molecule has 35 heavy (non-hydrogen) atoms. The number of rotatable bonds is 3. The Morgan fingerprint density at radius 2 is 1.63 bits per heavy atom. The maximum absolute atomic E-state index is 13.1. The van der Waals surface area contributed by atoms with Crippen molar-refractivity contribution in [2.45, 2.75) is 64.0 Å². The minimum Gasteiger partial charge on any atom is -0.369 e. The Hall–Kier alpha value is -3.27. The number of fused-ring (bicyclic) bond motifs is 2. The summed E-state index contributed by atoms with van der Waals surface area (Å²) in [6, 6.07) is 5.52. The molecule has 9 nitrogen and oxygen atoms in total. The van der Waals surface area contributed by atoms with E-state index in [1.807, 2.05) is 0 Å². The number of carbonyl (C=O) groups excluding carboxylic acids is 2. The van der Waals surface area contributed by atoms with Crippen molar-refractivity contribution >= 4 is 23.6 Å². The maximum Gasteiger partial charge on any atom is 0.256 e. The summed E-state index contributed by atoms with van der Waals surface area (Å²) in [5.41, 5.74) is 7.15. The summed E-state index contributed by atoms with van der Waals surface area (Å²) in [5.74, 6) is 0.233. The number of hydrogen-bond acceptors (Lipinski definition) is 7. The summed E-state index contributed by atoms with van der Waals surface area (Å²) in [7, 11) is 0. The SMILES string of the molecule is N[C@H]1CCCCCNc2nc(ncc2C(=O)NCc2ccc(F)cc2)NCCCCCCNC1=O. The fourth-order valence-corrected chi connectivity index (χ4v) is 3.80. The van der Waals surface area contributed by atoms with Crippen molar-refractivity contribution in [2.24, 2.45) is 5.73 Å². The van der Waals surface area contributed by atoms with Crippen molar-refractivity contribution in [2.75, 3.05) is 30.3 Å². The molecular weight excluding hydrogens is 449 g/mol. The van der Waals surface area contributed by atoms with Gasteiger partial charge < -0.3 is 27.0 Å². The van der Waals surface area contributed by atoms with Crippen LogP contribution in [-0.4, -0.2) is 47.5 Å². The molecular formula is C25H36FN7O2. The first-order valence-electron chi connectivity index (χ1n) is 12.4. The molecule has 0 unspecified atom stereocenters. The average Bonchev–Trinajstić information content (AvgIpc) is 2.86. The third-order valence-electron chi connectivity index (χ3n) is 5.91. The molecule has 190 valence electrons. The fraction of sp³-hybridized carbons (Fsp3) is 0.520. The average molecular weight is 486 g/mol. The summed E-state index contributed by atoms with van der Waals surface area (Å²) in [6.07, 6.45) is 8.65. The first kappa shape index (κ1) is 26.3. The summed E-state index contributed by atoms with van der Waals surface area (Å²) in [6.45, 7) is 2.26. The van der Waals surface area contributed by atoms with E-state index >= 15 is 0 Å². The molecule has 6 N–H and O–H groups in total. The smallest absolute Gasteiger partial charge is 0.256 e. The highest BCUT2D eigenvalue weighted by molar-refractivity contribution is 5.98. The normalized spacial score (nSPS) is 18.6. The molecule has 10 heteroatoms. The zero-order chi connectivity index (χ0) is 24.9. The lowest BCUT2D eigenvalue weighted by Crippen LogP contribution is -2.40. The molecule has 3 rings (SSSR count). The third-order valence-corrected chi connectivity index (χ3v) is 5.91. The Labute approximate surface area is 205 Å². The lowest BCUT2D eigenvalue weighted by Gasteiger charge is -2.14.